The molecule has 1 rings (SSSR count). The minimum absolute atomic E-state index is 0.193. The van der Waals surface area contributed by atoms with Gasteiger partial charge in [-0.2, -0.15) is 0 Å². The second-order valence-electron chi connectivity index (χ2n) is 4.21. The van der Waals surface area contributed by atoms with Crippen molar-refractivity contribution < 1.29 is 9.84 Å². The largest absolute Gasteiger partial charge is 0.396 e. The predicted octanol–water partition coefficient (Wildman–Crippen LogP) is 2.36. The van der Waals surface area contributed by atoms with Gasteiger partial charge in [-0.15, -0.1) is 11.3 Å². The number of aliphatic hydroxyl groups excluding tert-OH is 1. The molecule has 98 valence electrons. The first-order chi connectivity index (χ1) is 8.21. The Labute approximate surface area is 108 Å². The number of aryl methyl sites for hydroxylation is 1. The van der Waals surface area contributed by atoms with Gasteiger partial charge in [0.1, 0.15) is 0 Å². The van der Waals surface area contributed by atoms with Crippen LogP contribution in [0.4, 0.5) is 0 Å². The highest BCUT2D eigenvalue weighted by Crippen LogP contribution is 2.24. The van der Waals surface area contributed by atoms with Crippen molar-refractivity contribution in [2.75, 3.05) is 20.3 Å². The van der Waals surface area contributed by atoms with Crippen LogP contribution in [0.25, 0.3) is 0 Å². The van der Waals surface area contributed by atoms with Crippen LogP contribution in [-0.4, -0.2) is 31.5 Å². The summed E-state index contributed by atoms with van der Waals surface area (Å²) >= 11 is 1.85. The SMILES string of the molecule is CCc1ccc(C(C)NC(CCO)COC)s1. The van der Waals surface area contributed by atoms with Crippen LogP contribution < -0.4 is 5.32 Å². The maximum absolute atomic E-state index is 9.00. The van der Waals surface area contributed by atoms with Crippen LogP contribution in [0, 0.1) is 0 Å². The lowest BCUT2D eigenvalue weighted by atomic mass is 10.2. The van der Waals surface area contributed by atoms with E-state index in [1.165, 1.54) is 9.75 Å². The van der Waals surface area contributed by atoms with Gasteiger partial charge in [0.05, 0.1) is 6.61 Å². The van der Waals surface area contributed by atoms with E-state index in [2.05, 4.69) is 31.3 Å². The third-order valence-electron chi connectivity index (χ3n) is 2.79. The quantitative estimate of drug-likeness (QED) is 0.751. The smallest absolute Gasteiger partial charge is 0.0616 e. The van der Waals surface area contributed by atoms with Crippen molar-refractivity contribution in [3.8, 4) is 0 Å². The molecule has 0 amide bonds. The average molecular weight is 257 g/mol. The van der Waals surface area contributed by atoms with Crippen LogP contribution in [0.15, 0.2) is 12.1 Å². The van der Waals surface area contributed by atoms with Gasteiger partial charge in [-0.1, -0.05) is 6.92 Å². The minimum atomic E-state index is 0.193. The van der Waals surface area contributed by atoms with Gasteiger partial charge in [-0.3, -0.25) is 0 Å². The first-order valence-corrected chi connectivity index (χ1v) is 6.97. The molecule has 0 saturated carbocycles. The van der Waals surface area contributed by atoms with Crippen molar-refractivity contribution in [2.24, 2.45) is 0 Å². The van der Waals surface area contributed by atoms with E-state index in [1.54, 1.807) is 7.11 Å². The zero-order chi connectivity index (χ0) is 12.7. The summed E-state index contributed by atoms with van der Waals surface area (Å²) in [6.45, 7) is 5.16. The molecule has 0 aliphatic rings. The summed E-state index contributed by atoms with van der Waals surface area (Å²) in [5.74, 6) is 0. The average Bonchev–Trinajstić information content (AvgIpc) is 2.78. The summed E-state index contributed by atoms with van der Waals surface area (Å²) in [6.07, 6.45) is 1.82. The fourth-order valence-electron chi connectivity index (χ4n) is 1.82. The molecule has 1 heterocycles. The molecule has 0 aromatic carbocycles. The maximum atomic E-state index is 9.00. The second kappa shape index (κ2) is 7.82. The lowest BCUT2D eigenvalue weighted by Gasteiger charge is -2.21. The van der Waals surface area contributed by atoms with Gasteiger partial charge >= 0.3 is 0 Å². The van der Waals surface area contributed by atoms with E-state index in [4.69, 9.17) is 9.84 Å². The number of ether oxygens (including phenoxy) is 1. The van der Waals surface area contributed by atoms with E-state index in [-0.39, 0.29) is 12.6 Å². The van der Waals surface area contributed by atoms with E-state index in [0.717, 1.165) is 12.8 Å². The van der Waals surface area contributed by atoms with Crippen molar-refractivity contribution in [3.63, 3.8) is 0 Å². The minimum Gasteiger partial charge on any atom is -0.396 e. The van der Waals surface area contributed by atoms with Gasteiger partial charge < -0.3 is 15.2 Å². The Morgan fingerprint density at radius 1 is 1.47 bits per heavy atom. The molecule has 0 fully saturated rings. The first-order valence-electron chi connectivity index (χ1n) is 6.15. The monoisotopic (exact) mass is 257 g/mol. The Bertz CT molecular complexity index is 308. The van der Waals surface area contributed by atoms with Gasteiger partial charge in [0.15, 0.2) is 0 Å². The fourth-order valence-corrected chi connectivity index (χ4v) is 2.79. The molecule has 0 bridgehead atoms. The molecule has 0 saturated heterocycles. The van der Waals surface area contributed by atoms with Crippen LogP contribution in [0.2, 0.25) is 0 Å². The number of nitrogens with one attached hydrogen (secondary N) is 1. The molecular weight excluding hydrogens is 234 g/mol. The molecule has 2 unspecified atom stereocenters. The number of hydrogen-bond acceptors (Lipinski definition) is 4. The summed E-state index contributed by atoms with van der Waals surface area (Å²) in [6, 6.07) is 4.90. The van der Waals surface area contributed by atoms with E-state index in [1.807, 2.05) is 11.3 Å². The van der Waals surface area contributed by atoms with Crippen LogP contribution in [0.3, 0.4) is 0 Å². The number of rotatable bonds is 8. The molecule has 2 atom stereocenters. The zero-order valence-electron chi connectivity index (χ0n) is 10.9. The van der Waals surface area contributed by atoms with Crippen LogP contribution >= 0.6 is 11.3 Å². The van der Waals surface area contributed by atoms with Gasteiger partial charge in [-0.25, -0.2) is 0 Å². The second-order valence-corrected chi connectivity index (χ2v) is 5.41. The molecule has 1 aromatic heterocycles. The van der Waals surface area contributed by atoms with E-state index in [9.17, 15) is 0 Å². The molecule has 3 nitrogen and oxygen atoms in total. The molecule has 0 aliphatic carbocycles. The molecule has 4 heteroatoms. The number of aliphatic hydroxyl groups is 1. The fraction of sp³-hybridized carbons (Fsp3) is 0.692. The Kier molecular flexibility index (Phi) is 6.73. The molecule has 2 N–H and O–H groups in total. The van der Waals surface area contributed by atoms with Gasteiger partial charge in [0.25, 0.3) is 0 Å². The normalized spacial score (nSPS) is 14.8. The van der Waals surface area contributed by atoms with E-state index < -0.39 is 0 Å². The van der Waals surface area contributed by atoms with Crippen molar-refractivity contribution in [3.05, 3.63) is 21.9 Å². The highest BCUT2D eigenvalue weighted by molar-refractivity contribution is 7.12. The van der Waals surface area contributed by atoms with E-state index in [0.29, 0.717) is 12.6 Å². The van der Waals surface area contributed by atoms with Crippen LogP contribution in [0.1, 0.15) is 36.1 Å². The summed E-state index contributed by atoms with van der Waals surface area (Å²) in [4.78, 5) is 2.76. The third-order valence-corrected chi connectivity index (χ3v) is 4.20. The summed E-state index contributed by atoms with van der Waals surface area (Å²) in [7, 11) is 1.69. The molecule has 0 spiro atoms. The van der Waals surface area contributed by atoms with Gasteiger partial charge in [0.2, 0.25) is 0 Å². The maximum Gasteiger partial charge on any atom is 0.0616 e. The molecular formula is C13H23NO2S. The highest BCUT2D eigenvalue weighted by Gasteiger charge is 2.14. The lowest BCUT2D eigenvalue weighted by Crippen LogP contribution is -2.35. The zero-order valence-corrected chi connectivity index (χ0v) is 11.7. The number of methoxy groups -OCH3 is 1. The van der Waals surface area contributed by atoms with Crippen molar-refractivity contribution >= 4 is 11.3 Å². The Hall–Kier alpha value is -0.420. The van der Waals surface area contributed by atoms with Crippen LogP contribution in [0.5, 0.6) is 0 Å². The van der Waals surface area contributed by atoms with Crippen molar-refractivity contribution in [2.45, 2.75) is 38.8 Å². The van der Waals surface area contributed by atoms with Gasteiger partial charge in [0, 0.05) is 35.6 Å². The standard InChI is InChI=1S/C13H23NO2S/c1-4-12-5-6-13(17-12)10(2)14-11(7-8-15)9-16-3/h5-6,10-11,14-15H,4,7-9H2,1-3H3. The Balaban J connectivity index is 2.53. The molecule has 0 aliphatic heterocycles. The van der Waals surface area contributed by atoms with E-state index >= 15 is 0 Å². The molecule has 1 aromatic rings. The molecule has 0 radical (unpaired) electrons. The topological polar surface area (TPSA) is 41.5 Å². The Morgan fingerprint density at radius 2 is 2.24 bits per heavy atom. The predicted molar refractivity (Wildman–Crippen MR) is 72.6 cm³/mol. The van der Waals surface area contributed by atoms with Crippen molar-refractivity contribution in [1.82, 2.24) is 5.32 Å². The highest BCUT2D eigenvalue weighted by atomic mass is 32.1. The first kappa shape index (κ1) is 14.6. The summed E-state index contributed by atoms with van der Waals surface area (Å²) in [5, 5.41) is 12.5. The van der Waals surface area contributed by atoms with Crippen molar-refractivity contribution in [1.29, 1.82) is 0 Å². The summed E-state index contributed by atoms with van der Waals surface area (Å²) in [5.41, 5.74) is 0. The lowest BCUT2D eigenvalue weighted by molar-refractivity contribution is 0.144. The van der Waals surface area contributed by atoms with Gasteiger partial charge in [-0.05, 0) is 31.9 Å². The third kappa shape index (κ3) is 4.76. The number of thiophene rings is 1. The summed E-state index contributed by atoms with van der Waals surface area (Å²) < 4.78 is 5.15. The Morgan fingerprint density at radius 3 is 2.76 bits per heavy atom. The number of hydrogen-bond donors (Lipinski definition) is 2. The molecule has 17 heavy (non-hydrogen) atoms. The van der Waals surface area contributed by atoms with Crippen LogP contribution in [-0.2, 0) is 11.2 Å².